The van der Waals surface area contributed by atoms with Gasteiger partial charge in [0.1, 0.15) is 0 Å². The molecular formula is C13H20O2. The lowest BCUT2D eigenvalue weighted by atomic mass is 9.84. The molecule has 0 aliphatic heterocycles. The van der Waals surface area contributed by atoms with Gasteiger partial charge in [-0.05, 0) is 45.3 Å². The first-order valence-corrected chi connectivity index (χ1v) is 5.25. The fourth-order valence-electron chi connectivity index (χ4n) is 1.85. The number of hydrogen-bond donors (Lipinski definition) is 2. The molecule has 0 heterocycles. The molecule has 0 aromatic rings. The molecule has 0 spiro atoms. The van der Waals surface area contributed by atoms with Crippen LogP contribution in [0.2, 0.25) is 0 Å². The van der Waals surface area contributed by atoms with Crippen molar-refractivity contribution in [2.45, 2.75) is 45.3 Å². The van der Waals surface area contributed by atoms with Gasteiger partial charge in [0, 0.05) is 0 Å². The molecule has 0 unspecified atom stereocenters. The van der Waals surface area contributed by atoms with Crippen LogP contribution in [0.5, 0.6) is 0 Å². The lowest BCUT2D eigenvalue weighted by Gasteiger charge is -2.31. The minimum absolute atomic E-state index is 0.632. The van der Waals surface area contributed by atoms with Crippen molar-refractivity contribution in [1.82, 2.24) is 0 Å². The Morgan fingerprint density at radius 2 is 1.73 bits per heavy atom. The average Bonchev–Trinajstić information content (AvgIpc) is 2.46. The van der Waals surface area contributed by atoms with Crippen LogP contribution in [0.15, 0.2) is 35.5 Å². The van der Waals surface area contributed by atoms with Crippen LogP contribution in [0.1, 0.15) is 34.1 Å². The molecule has 0 atom stereocenters. The Bertz CT molecular complexity index is 303. The predicted octanol–water partition coefficient (Wildman–Crippen LogP) is 2.34. The zero-order valence-electron chi connectivity index (χ0n) is 9.91. The lowest BCUT2D eigenvalue weighted by Crippen LogP contribution is -2.36. The molecule has 15 heavy (non-hydrogen) atoms. The molecule has 0 bridgehead atoms. The minimum atomic E-state index is -1.00. The zero-order chi connectivity index (χ0) is 11.7. The first-order chi connectivity index (χ1) is 6.71. The van der Waals surface area contributed by atoms with Gasteiger partial charge in [-0.2, -0.15) is 0 Å². The third-order valence-electron chi connectivity index (χ3n) is 2.43. The summed E-state index contributed by atoms with van der Waals surface area (Å²) < 4.78 is 0. The summed E-state index contributed by atoms with van der Waals surface area (Å²) in [5, 5.41) is 20.0. The van der Waals surface area contributed by atoms with Crippen LogP contribution in [-0.2, 0) is 0 Å². The molecule has 0 radical (unpaired) electrons. The Labute approximate surface area is 91.6 Å². The van der Waals surface area contributed by atoms with E-state index in [1.54, 1.807) is 27.7 Å². The van der Waals surface area contributed by atoms with E-state index in [0.29, 0.717) is 5.57 Å². The number of aliphatic hydroxyl groups is 2. The lowest BCUT2D eigenvalue weighted by molar-refractivity contribution is 0.0417. The second-order valence-corrected chi connectivity index (χ2v) is 5.02. The van der Waals surface area contributed by atoms with Crippen LogP contribution >= 0.6 is 0 Å². The molecule has 1 aliphatic rings. The van der Waals surface area contributed by atoms with Gasteiger partial charge >= 0.3 is 0 Å². The molecule has 0 saturated carbocycles. The second kappa shape index (κ2) is 3.95. The highest BCUT2D eigenvalue weighted by molar-refractivity contribution is 5.41. The molecule has 2 heteroatoms. The number of rotatable bonds is 3. The van der Waals surface area contributed by atoms with Crippen molar-refractivity contribution < 1.29 is 10.2 Å². The average molecular weight is 208 g/mol. The van der Waals surface area contributed by atoms with Crippen LogP contribution in [0, 0.1) is 0 Å². The maximum atomic E-state index is 9.99. The molecule has 0 aromatic carbocycles. The molecule has 2 N–H and O–H groups in total. The van der Waals surface area contributed by atoms with Crippen molar-refractivity contribution in [3.8, 4) is 0 Å². The summed E-state index contributed by atoms with van der Waals surface area (Å²) in [5.74, 6) is 0. The van der Waals surface area contributed by atoms with Crippen molar-refractivity contribution in [1.29, 1.82) is 0 Å². The molecule has 1 rings (SSSR count). The van der Waals surface area contributed by atoms with E-state index in [9.17, 15) is 10.2 Å². The highest BCUT2D eigenvalue weighted by Crippen LogP contribution is 2.29. The predicted molar refractivity (Wildman–Crippen MR) is 62.5 cm³/mol. The monoisotopic (exact) mass is 208 g/mol. The molecule has 1 aliphatic carbocycles. The van der Waals surface area contributed by atoms with Crippen LogP contribution in [0.3, 0.4) is 0 Å². The summed E-state index contributed by atoms with van der Waals surface area (Å²) in [5.41, 5.74) is -0.326. The highest BCUT2D eigenvalue weighted by atomic mass is 16.3. The largest absolute Gasteiger partial charge is 0.386 e. The third kappa shape index (κ3) is 3.33. The molecule has 2 nitrogen and oxygen atoms in total. The number of hydrogen-bond acceptors (Lipinski definition) is 2. The van der Waals surface area contributed by atoms with Gasteiger partial charge in [0.2, 0.25) is 0 Å². The maximum Gasteiger partial charge on any atom is 0.0831 e. The standard InChI is InChI=1S/C13H20O2/c1-12(2,14)11(13(3,4)15)9-10-7-5-6-8-10/h5,7-9,14-15H,6H2,1-4H3. The van der Waals surface area contributed by atoms with Gasteiger partial charge < -0.3 is 10.2 Å². The maximum absolute atomic E-state index is 9.99. The Kier molecular flexibility index (Phi) is 3.22. The molecule has 0 fully saturated rings. The summed E-state index contributed by atoms with van der Waals surface area (Å²) in [6, 6.07) is 0. The van der Waals surface area contributed by atoms with Crippen molar-refractivity contribution >= 4 is 0 Å². The van der Waals surface area contributed by atoms with Gasteiger partial charge in [0.25, 0.3) is 0 Å². The smallest absolute Gasteiger partial charge is 0.0831 e. The van der Waals surface area contributed by atoms with Crippen molar-refractivity contribution in [2.24, 2.45) is 0 Å². The fraction of sp³-hybridized carbons (Fsp3) is 0.538. The van der Waals surface area contributed by atoms with E-state index < -0.39 is 11.2 Å². The molecule has 0 aromatic heterocycles. The second-order valence-electron chi connectivity index (χ2n) is 5.02. The van der Waals surface area contributed by atoms with Crippen LogP contribution in [-0.4, -0.2) is 21.4 Å². The Hall–Kier alpha value is -0.860. The van der Waals surface area contributed by atoms with E-state index >= 15 is 0 Å². The van der Waals surface area contributed by atoms with Gasteiger partial charge in [-0.3, -0.25) is 0 Å². The zero-order valence-corrected chi connectivity index (χ0v) is 9.91. The van der Waals surface area contributed by atoms with E-state index in [1.807, 2.05) is 12.2 Å². The quantitative estimate of drug-likeness (QED) is 0.747. The van der Waals surface area contributed by atoms with Crippen LogP contribution in [0.4, 0.5) is 0 Å². The van der Waals surface area contributed by atoms with Crippen LogP contribution in [0.25, 0.3) is 0 Å². The molecule has 84 valence electrons. The summed E-state index contributed by atoms with van der Waals surface area (Å²) >= 11 is 0. The Balaban J connectivity index is 3.07. The fourth-order valence-corrected chi connectivity index (χ4v) is 1.85. The van der Waals surface area contributed by atoms with E-state index in [1.165, 1.54) is 0 Å². The summed E-state index contributed by atoms with van der Waals surface area (Å²) in [4.78, 5) is 0. The highest BCUT2D eigenvalue weighted by Gasteiger charge is 2.31. The van der Waals surface area contributed by atoms with Crippen molar-refractivity contribution in [2.75, 3.05) is 0 Å². The number of allylic oxidation sites excluding steroid dienone is 5. The van der Waals surface area contributed by atoms with Crippen LogP contribution < -0.4 is 0 Å². The van der Waals surface area contributed by atoms with Gasteiger partial charge in [-0.15, -0.1) is 0 Å². The van der Waals surface area contributed by atoms with Crippen molar-refractivity contribution in [3.05, 3.63) is 35.5 Å². The Morgan fingerprint density at radius 1 is 1.20 bits per heavy atom. The molecular weight excluding hydrogens is 188 g/mol. The van der Waals surface area contributed by atoms with Crippen molar-refractivity contribution in [3.63, 3.8) is 0 Å². The summed E-state index contributed by atoms with van der Waals surface area (Å²) in [7, 11) is 0. The normalized spacial score (nSPS) is 16.5. The first kappa shape index (κ1) is 12.2. The van der Waals surface area contributed by atoms with Gasteiger partial charge in [0.15, 0.2) is 0 Å². The van der Waals surface area contributed by atoms with E-state index in [4.69, 9.17) is 0 Å². The van der Waals surface area contributed by atoms with E-state index in [2.05, 4.69) is 12.2 Å². The third-order valence-corrected chi connectivity index (χ3v) is 2.43. The Morgan fingerprint density at radius 3 is 2.07 bits per heavy atom. The first-order valence-electron chi connectivity index (χ1n) is 5.25. The minimum Gasteiger partial charge on any atom is -0.386 e. The summed E-state index contributed by atoms with van der Waals surface area (Å²) in [6.07, 6.45) is 8.91. The summed E-state index contributed by atoms with van der Waals surface area (Å²) in [6.45, 7) is 6.76. The van der Waals surface area contributed by atoms with Gasteiger partial charge in [0.05, 0.1) is 11.2 Å². The molecule has 0 saturated heterocycles. The van der Waals surface area contributed by atoms with Gasteiger partial charge in [-0.25, -0.2) is 0 Å². The van der Waals surface area contributed by atoms with Gasteiger partial charge in [-0.1, -0.05) is 24.3 Å². The van der Waals surface area contributed by atoms with E-state index in [-0.39, 0.29) is 0 Å². The van der Waals surface area contributed by atoms with E-state index in [0.717, 1.165) is 12.0 Å². The SMILES string of the molecule is CC(C)(O)C(=CC1=CCC=C1)C(C)(C)O. The topological polar surface area (TPSA) is 40.5 Å². The molecule has 0 amide bonds.